The van der Waals surface area contributed by atoms with Gasteiger partial charge >= 0.3 is 0 Å². The molecule has 22 heteroatoms. The van der Waals surface area contributed by atoms with Crippen LogP contribution in [0.4, 0.5) is 0 Å². The minimum atomic E-state index is -1.48. The first-order valence-electron chi connectivity index (χ1n) is 22.5. The van der Waals surface area contributed by atoms with Crippen LogP contribution < -0.4 is 38.1 Å². The van der Waals surface area contributed by atoms with Crippen molar-refractivity contribution >= 4 is 91.4 Å². The molecule has 4 aromatic heterocycles. The Labute approximate surface area is 404 Å². The summed E-state index contributed by atoms with van der Waals surface area (Å²) in [7, 11) is 0. The summed E-state index contributed by atoms with van der Waals surface area (Å²) in [6.45, 7) is 3.71. The Kier molecular flexibility index (Phi) is 16.4. The van der Waals surface area contributed by atoms with E-state index in [1.54, 1.807) is 40.5 Å². The van der Waals surface area contributed by atoms with E-state index in [0.29, 0.717) is 25.0 Å². The number of primary amides is 2. The number of nitrogens with two attached hydrogens (primary N) is 2. The smallest absolute Gasteiger partial charge is 0.246 e. The standard InChI is InChI=1S/C46H55N11O8S3/c1-3-25(2)41-46(65)56-22-27(57-23-32(54-55-57)35-13-14-37(68-35)36-12-8-18-66-36)20-33(56)45(64)52-30(19-26-24-67-34-11-5-4-9-28(26)34)43(62)51-29(42(48)61)10-6-7-17-49-39(59)15-16-40(60)50-31(21-38(47)58)44(63)53-41/h4-5,8-9,11-14,18,23-25,27,29-31,33,41H,3,6-7,10,15-17,19-22H2,1-2H3,(H2,47,58)(H2,48,61)(H,49,59)(H,50,60)(H,51,62)(H,52,64)(H,53,63)/t25?,27-,29-,30-,31-,33-,41-/m0/s1. The second kappa shape index (κ2) is 22.5. The molecule has 2 aliphatic rings. The number of thiophene rings is 3. The van der Waals surface area contributed by atoms with Crippen molar-refractivity contribution in [3.05, 3.63) is 71.1 Å². The fourth-order valence-electron chi connectivity index (χ4n) is 8.35. The van der Waals surface area contributed by atoms with Gasteiger partial charge in [0.2, 0.25) is 47.3 Å². The van der Waals surface area contributed by atoms with Crippen LogP contribution in [-0.2, 0) is 44.8 Å². The Morgan fingerprint density at radius 2 is 1.60 bits per heavy atom. The molecule has 0 radical (unpaired) electrons. The minimum Gasteiger partial charge on any atom is -0.370 e. The van der Waals surface area contributed by atoms with E-state index in [9.17, 15) is 33.6 Å². The van der Waals surface area contributed by atoms with Crippen molar-refractivity contribution in [3.8, 4) is 20.3 Å². The first-order valence-corrected chi connectivity index (χ1v) is 25.1. The number of fused-ring (bicyclic) bond motifs is 2. The van der Waals surface area contributed by atoms with Gasteiger partial charge in [0.05, 0.1) is 23.5 Å². The number of carbonyl (C=O) groups excluding carboxylic acids is 8. The molecule has 0 aliphatic carbocycles. The van der Waals surface area contributed by atoms with Crippen LogP contribution in [-0.4, -0.2) is 110 Å². The van der Waals surface area contributed by atoms with Gasteiger partial charge in [-0.1, -0.05) is 49.7 Å². The summed E-state index contributed by atoms with van der Waals surface area (Å²) in [5, 5.41) is 27.3. The van der Waals surface area contributed by atoms with E-state index in [0.717, 1.165) is 30.3 Å². The SMILES string of the molecule is CCC(C)[C@@H]1NC(=O)[C@H](CC(N)=O)NC(=O)CCC(=O)NCCCC[C@@H](C(N)=O)NC(=O)[C@H](Cc2csc3ccccc23)NC(=O)[C@@H]2C[C@H](n3cc(-c4ccc(-c5cccs5)s4)nn3)CN2C1=O. The van der Waals surface area contributed by atoms with Crippen molar-refractivity contribution in [2.24, 2.45) is 17.4 Å². The zero-order valence-electron chi connectivity index (χ0n) is 37.6. The van der Waals surface area contributed by atoms with Crippen LogP contribution in [0.3, 0.4) is 0 Å². The van der Waals surface area contributed by atoms with Gasteiger partial charge in [-0.25, -0.2) is 4.68 Å². The Morgan fingerprint density at radius 1 is 0.838 bits per heavy atom. The normalized spacial score (nSPS) is 23.5. The lowest BCUT2D eigenvalue weighted by atomic mass is 9.96. The van der Waals surface area contributed by atoms with Gasteiger partial charge in [-0.15, -0.1) is 39.1 Å². The number of hydrogen-bond donors (Lipinski definition) is 7. The summed E-state index contributed by atoms with van der Waals surface area (Å²) in [5.41, 5.74) is 12.7. The lowest BCUT2D eigenvalue weighted by Gasteiger charge is -2.32. The molecule has 2 saturated heterocycles. The maximum Gasteiger partial charge on any atom is 0.246 e. The molecule has 1 unspecified atom stereocenters. The molecule has 7 atom stereocenters. The molecule has 1 aromatic carbocycles. The largest absolute Gasteiger partial charge is 0.370 e. The Hall–Kier alpha value is -6.52. The van der Waals surface area contributed by atoms with E-state index < -0.39 is 95.8 Å². The summed E-state index contributed by atoms with van der Waals surface area (Å²) in [4.78, 5) is 113. The third-order valence-electron chi connectivity index (χ3n) is 12.3. The molecule has 6 heterocycles. The third kappa shape index (κ3) is 12.1. The predicted octanol–water partition coefficient (Wildman–Crippen LogP) is 2.76. The zero-order chi connectivity index (χ0) is 48.5. The maximum absolute atomic E-state index is 15.0. The highest BCUT2D eigenvalue weighted by atomic mass is 32.1. The average molecular weight is 986 g/mol. The number of hydrogen-bond acceptors (Lipinski definition) is 13. The van der Waals surface area contributed by atoms with Gasteiger partial charge in [-0.3, -0.25) is 38.4 Å². The van der Waals surface area contributed by atoms with Crippen LogP contribution in [0, 0.1) is 5.92 Å². The van der Waals surface area contributed by atoms with E-state index in [1.165, 1.54) is 16.2 Å². The van der Waals surface area contributed by atoms with Crippen molar-refractivity contribution in [1.29, 1.82) is 0 Å². The molecule has 2 aliphatic heterocycles. The number of aromatic nitrogens is 3. The molecule has 0 bridgehead atoms. The summed E-state index contributed by atoms with van der Waals surface area (Å²) in [6.07, 6.45) is 1.98. The second-order valence-corrected chi connectivity index (χ2v) is 20.1. The Bertz CT molecular complexity index is 2640. The van der Waals surface area contributed by atoms with E-state index in [2.05, 4.69) is 36.9 Å². The van der Waals surface area contributed by atoms with Crippen LogP contribution in [0.25, 0.3) is 30.4 Å². The van der Waals surface area contributed by atoms with E-state index in [4.69, 9.17) is 11.5 Å². The quantitative estimate of drug-likeness (QED) is 0.107. The van der Waals surface area contributed by atoms with Gasteiger partial charge in [0.15, 0.2) is 0 Å². The molecule has 0 saturated carbocycles. The zero-order valence-corrected chi connectivity index (χ0v) is 40.1. The minimum absolute atomic E-state index is 0.0302. The van der Waals surface area contributed by atoms with Crippen LogP contribution in [0.2, 0.25) is 0 Å². The van der Waals surface area contributed by atoms with Gasteiger partial charge in [0.1, 0.15) is 35.9 Å². The van der Waals surface area contributed by atoms with Crippen molar-refractivity contribution in [3.63, 3.8) is 0 Å². The molecule has 2 fully saturated rings. The molecule has 0 spiro atoms. The second-order valence-electron chi connectivity index (χ2n) is 17.1. The predicted molar refractivity (Wildman–Crippen MR) is 258 cm³/mol. The number of nitrogens with zero attached hydrogens (tertiary/aromatic N) is 4. The maximum atomic E-state index is 15.0. The highest BCUT2D eigenvalue weighted by Gasteiger charge is 2.45. The van der Waals surface area contributed by atoms with Crippen molar-refractivity contribution < 1.29 is 38.4 Å². The third-order valence-corrected chi connectivity index (χ3v) is 15.5. The van der Waals surface area contributed by atoms with Crippen LogP contribution in [0.1, 0.15) is 76.8 Å². The van der Waals surface area contributed by atoms with Crippen molar-refractivity contribution in [1.82, 2.24) is 46.5 Å². The molecule has 7 rings (SSSR count). The number of nitrogens with one attached hydrogen (secondary N) is 5. The van der Waals surface area contributed by atoms with Gasteiger partial charge in [0, 0.05) is 53.2 Å². The molecule has 9 N–H and O–H groups in total. The molecule has 5 aromatic rings. The average Bonchev–Trinajstić information content (AvgIpc) is 4.18. The number of rotatable bonds is 10. The van der Waals surface area contributed by atoms with Gasteiger partial charge < -0.3 is 43.0 Å². The van der Waals surface area contributed by atoms with Gasteiger partial charge in [0.25, 0.3) is 0 Å². The molecule has 19 nitrogen and oxygen atoms in total. The monoisotopic (exact) mass is 985 g/mol. The molecular weight excluding hydrogens is 931 g/mol. The summed E-state index contributed by atoms with van der Waals surface area (Å²) in [6, 6.07) is 8.72. The topological polar surface area (TPSA) is 283 Å². The molecule has 8 amide bonds. The van der Waals surface area contributed by atoms with E-state index in [-0.39, 0.29) is 45.2 Å². The van der Waals surface area contributed by atoms with Gasteiger partial charge in [-0.05, 0) is 71.2 Å². The molecule has 360 valence electrons. The summed E-state index contributed by atoms with van der Waals surface area (Å²) >= 11 is 4.65. The summed E-state index contributed by atoms with van der Waals surface area (Å²) < 4.78 is 2.57. The van der Waals surface area contributed by atoms with E-state index in [1.807, 2.05) is 66.2 Å². The lowest BCUT2D eigenvalue weighted by molar-refractivity contribution is -0.143. The fraction of sp³-hybridized carbons (Fsp3) is 0.435. The van der Waals surface area contributed by atoms with Crippen molar-refractivity contribution in [2.75, 3.05) is 13.1 Å². The lowest BCUT2D eigenvalue weighted by Crippen LogP contribution is -2.60. The Morgan fingerprint density at radius 3 is 2.35 bits per heavy atom. The number of carbonyl (C=O) groups is 8. The summed E-state index contributed by atoms with van der Waals surface area (Å²) in [5.74, 6) is -6.19. The van der Waals surface area contributed by atoms with Crippen LogP contribution in [0.5, 0.6) is 0 Å². The fourth-order valence-corrected chi connectivity index (χ4v) is 11.1. The van der Waals surface area contributed by atoms with Crippen LogP contribution >= 0.6 is 34.0 Å². The van der Waals surface area contributed by atoms with Gasteiger partial charge in [-0.2, -0.15) is 0 Å². The first kappa shape index (κ1) is 49.4. The van der Waals surface area contributed by atoms with Crippen molar-refractivity contribution in [2.45, 2.75) is 108 Å². The first-order chi connectivity index (χ1) is 32.7. The van der Waals surface area contributed by atoms with E-state index >= 15 is 4.79 Å². The van der Waals surface area contributed by atoms with Crippen LogP contribution in [0.15, 0.2) is 65.5 Å². The highest BCUT2D eigenvalue weighted by Crippen LogP contribution is 2.37. The number of amides is 8. The molecular formula is C46H55N11O8S3. The number of benzene rings is 1. The molecule has 68 heavy (non-hydrogen) atoms. The highest BCUT2D eigenvalue weighted by molar-refractivity contribution is 7.23. The Balaban J connectivity index is 1.24.